The van der Waals surface area contributed by atoms with Gasteiger partial charge >= 0.3 is 0 Å². The largest absolute Gasteiger partial charge is 0.502 e. The van der Waals surface area contributed by atoms with Gasteiger partial charge in [-0.1, -0.05) is 17.7 Å². The summed E-state index contributed by atoms with van der Waals surface area (Å²) in [5.41, 5.74) is 4.31. The van der Waals surface area contributed by atoms with Crippen molar-refractivity contribution in [2.45, 2.75) is 19.8 Å². The first kappa shape index (κ1) is 18.8. The minimum Gasteiger partial charge on any atom is -0.502 e. The van der Waals surface area contributed by atoms with Crippen molar-refractivity contribution in [2.75, 3.05) is 31.0 Å². The van der Waals surface area contributed by atoms with E-state index >= 15 is 0 Å². The van der Waals surface area contributed by atoms with Gasteiger partial charge in [0.25, 0.3) is 0 Å². The number of fused-ring (bicyclic) bond motifs is 1. The smallest absolute Gasteiger partial charge is 0.234 e. The lowest BCUT2D eigenvalue weighted by molar-refractivity contribution is 0.340. The van der Waals surface area contributed by atoms with Crippen LogP contribution in [0.15, 0.2) is 36.7 Å². The number of aromatic nitrogens is 3. The molecule has 1 aliphatic heterocycles. The Morgan fingerprint density at radius 2 is 1.83 bits per heavy atom. The fourth-order valence-corrected chi connectivity index (χ4v) is 3.51. The van der Waals surface area contributed by atoms with Crippen LogP contribution in [0.5, 0.6) is 17.2 Å². The third-order valence-electron chi connectivity index (χ3n) is 4.89. The Bertz CT molecular complexity index is 1020. The number of rotatable bonds is 5. The van der Waals surface area contributed by atoms with Crippen LogP contribution in [0.3, 0.4) is 0 Å². The summed E-state index contributed by atoms with van der Waals surface area (Å²) in [4.78, 5) is 15.3. The summed E-state index contributed by atoms with van der Waals surface area (Å²) in [5, 5.41) is 13.2. The molecule has 0 spiro atoms. The van der Waals surface area contributed by atoms with Gasteiger partial charge < -0.3 is 24.8 Å². The summed E-state index contributed by atoms with van der Waals surface area (Å²) < 4.78 is 10.4. The molecule has 29 heavy (non-hydrogen) atoms. The van der Waals surface area contributed by atoms with Crippen LogP contribution in [0.25, 0.3) is 0 Å². The van der Waals surface area contributed by atoms with Crippen molar-refractivity contribution >= 4 is 23.3 Å². The lowest BCUT2D eigenvalue weighted by atomic mass is 10.00. The average molecular weight is 393 g/mol. The second-order valence-electron chi connectivity index (χ2n) is 6.85. The topological polar surface area (TPSA) is 92.6 Å². The summed E-state index contributed by atoms with van der Waals surface area (Å²) in [6.45, 7) is 2.95. The highest BCUT2D eigenvalue weighted by atomic mass is 16.5. The molecule has 1 aliphatic rings. The Morgan fingerprint density at radius 1 is 1.07 bits per heavy atom. The van der Waals surface area contributed by atoms with Crippen molar-refractivity contribution in [3.8, 4) is 17.2 Å². The maximum Gasteiger partial charge on any atom is 0.234 e. The molecule has 0 aliphatic carbocycles. The third-order valence-corrected chi connectivity index (χ3v) is 4.89. The normalized spacial score (nSPS) is 13.0. The summed E-state index contributed by atoms with van der Waals surface area (Å²) >= 11 is 0. The zero-order valence-electron chi connectivity index (χ0n) is 16.6. The molecule has 0 radical (unpaired) electrons. The third kappa shape index (κ3) is 3.73. The van der Waals surface area contributed by atoms with Crippen molar-refractivity contribution in [1.82, 2.24) is 15.0 Å². The van der Waals surface area contributed by atoms with Gasteiger partial charge in [-0.05, 0) is 31.4 Å². The van der Waals surface area contributed by atoms with Crippen LogP contribution >= 0.6 is 0 Å². The van der Waals surface area contributed by atoms with Crippen LogP contribution in [0, 0.1) is 6.92 Å². The van der Waals surface area contributed by atoms with E-state index in [1.807, 2.05) is 0 Å². The Labute approximate surface area is 169 Å². The number of methoxy groups -OCH3 is 2. The summed E-state index contributed by atoms with van der Waals surface area (Å²) in [6, 6.07) is 9.75. The van der Waals surface area contributed by atoms with Gasteiger partial charge in [-0.2, -0.15) is 4.98 Å². The number of hydrogen-bond donors (Lipinski definition) is 2. The van der Waals surface area contributed by atoms with E-state index in [0.29, 0.717) is 29.1 Å². The highest BCUT2D eigenvalue weighted by molar-refractivity contribution is 5.67. The maximum absolute atomic E-state index is 10.1. The molecule has 2 heterocycles. The fourth-order valence-electron chi connectivity index (χ4n) is 3.51. The first-order valence-electron chi connectivity index (χ1n) is 9.37. The van der Waals surface area contributed by atoms with E-state index in [0.717, 1.165) is 25.1 Å². The molecule has 2 aromatic carbocycles. The molecule has 1 aromatic heterocycles. The van der Waals surface area contributed by atoms with Crippen molar-refractivity contribution in [2.24, 2.45) is 0 Å². The molecule has 0 amide bonds. The Kier molecular flexibility index (Phi) is 5.07. The minimum atomic E-state index is -0.0582. The van der Waals surface area contributed by atoms with E-state index in [1.54, 1.807) is 12.1 Å². The molecule has 8 heteroatoms. The van der Waals surface area contributed by atoms with E-state index in [9.17, 15) is 5.11 Å². The zero-order valence-corrected chi connectivity index (χ0v) is 16.6. The van der Waals surface area contributed by atoms with Gasteiger partial charge in [-0.3, -0.25) is 0 Å². The molecule has 2 N–H and O–H groups in total. The van der Waals surface area contributed by atoms with Gasteiger partial charge in [-0.15, -0.1) is 0 Å². The second kappa shape index (κ2) is 7.83. The second-order valence-corrected chi connectivity index (χ2v) is 6.85. The van der Waals surface area contributed by atoms with E-state index in [4.69, 9.17) is 9.47 Å². The number of hydrogen-bond acceptors (Lipinski definition) is 8. The van der Waals surface area contributed by atoms with Crippen LogP contribution in [0.1, 0.15) is 17.5 Å². The van der Waals surface area contributed by atoms with Gasteiger partial charge in [0.2, 0.25) is 17.6 Å². The lowest BCUT2D eigenvalue weighted by Gasteiger charge is -2.29. The number of phenols is 1. The SMILES string of the molecule is COc1cc(Nc2ncnc(N3CCCc4cc(C)ccc43)n2)cc(OC)c1O. The molecular formula is C21H23N5O3. The molecule has 0 saturated heterocycles. The molecule has 150 valence electrons. The quantitative estimate of drug-likeness (QED) is 0.634. The summed E-state index contributed by atoms with van der Waals surface area (Å²) in [5.74, 6) is 1.51. The van der Waals surface area contributed by atoms with Crippen molar-refractivity contribution in [1.29, 1.82) is 0 Å². The predicted molar refractivity (Wildman–Crippen MR) is 111 cm³/mol. The van der Waals surface area contributed by atoms with E-state index in [-0.39, 0.29) is 5.75 Å². The van der Waals surface area contributed by atoms with Crippen LogP contribution < -0.4 is 19.7 Å². The fraction of sp³-hybridized carbons (Fsp3) is 0.286. The molecule has 3 aromatic rings. The van der Waals surface area contributed by atoms with Crippen molar-refractivity contribution < 1.29 is 14.6 Å². The Hall–Kier alpha value is -3.55. The molecule has 0 unspecified atom stereocenters. The van der Waals surface area contributed by atoms with E-state index in [1.165, 1.54) is 31.7 Å². The van der Waals surface area contributed by atoms with Gasteiger partial charge in [-0.25, -0.2) is 9.97 Å². The average Bonchev–Trinajstić information content (AvgIpc) is 2.74. The van der Waals surface area contributed by atoms with Crippen LogP contribution in [-0.2, 0) is 6.42 Å². The van der Waals surface area contributed by atoms with Gasteiger partial charge in [0, 0.05) is 30.1 Å². The molecular weight excluding hydrogens is 370 g/mol. The molecule has 0 saturated carbocycles. The summed E-state index contributed by atoms with van der Waals surface area (Å²) in [7, 11) is 2.96. The first-order valence-corrected chi connectivity index (χ1v) is 9.37. The molecule has 0 atom stereocenters. The number of anilines is 4. The summed E-state index contributed by atoms with van der Waals surface area (Å²) in [6.07, 6.45) is 3.58. The number of benzene rings is 2. The number of phenolic OH excluding ortho intramolecular Hbond substituents is 1. The number of aromatic hydroxyl groups is 1. The highest BCUT2D eigenvalue weighted by Gasteiger charge is 2.21. The number of aryl methyl sites for hydroxylation is 2. The number of nitrogens with one attached hydrogen (secondary N) is 1. The Balaban J connectivity index is 1.64. The predicted octanol–water partition coefficient (Wildman–Crippen LogP) is 3.73. The standard InChI is InChI=1S/C21H23N5O3/c1-13-6-7-16-14(9-13)5-4-8-26(16)21-23-12-22-20(25-21)24-15-10-17(28-2)19(27)18(11-15)29-3/h6-7,9-12,27H,4-5,8H2,1-3H3,(H,22,23,24,25). The molecule has 4 rings (SSSR count). The van der Waals surface area contributed by atoms with Crippen LogP contribution in [0.2, 0.25) is 0 Å². The number of nitrogens with zero attached hydrogens (tertiary/aromatic N) is 4. The van der Waals surface area contributed by atoms with Crippen LogP contribution in [0.4, 0.5) is 23.3 Å². The molecule has 0 bridgehead atoms. The monoisotopic (exact) mass is 393 g/mol. The van der Waals surface area contributed by atoms with Crippen molar-refractivity contribution in [3.63, 3.8) is 0 Å². The zero-order chi connectivity index (χ0) is 20.4. The van der Waals surface area contributed by atoms with Crippen LogP contribution in [-0.4, -0.2) is 40.8 Å². The van der Waals surface area contributed by atoms with Gasteiger partial charge in [0.1, 0.15) is 6.33 Å². The van der Waals surface area contributed by atoms with E-state index in [2.05, 4.69) is 50.3 Å². The van der Waals surface area contributed by atoms with Crippen molar-refractivity contribution in [3.05, 3.63) is 47.8 Å². The minimum absolute atomic E-state index is 0.0582. The maximum atomic E-state index is 10.1. The number of ether oxygens (including phenoxy) is 2. The van der Waals surface area contributed by atoms with E-state index < -0.39 is 0 Å². The first-order chi connectivity index (χ1) is 14.1. The Morgan fingerprint density at radius 3 is 2.55 bits per heavy atom. The van der Waals surface area contributed by atoms with Gasteiger partial charge in [0.05, 0.1) is 14.2 Å². The molecule has 0 fully saturated rings. The highest BCUT2D eigenvalue weighted by Crippen LogP contribution is 2.39. The van der Waals surface area contributed by atoms with Gasteiger partial charge in [0.15, 0.2) is 11.5 Å². The molecule has 8 nitrogen and oxygen atoms in total. The lowest BCUT2D eigenvalue weighted by Crippen LogP contribution is -2.26.